The summed E-state index contributed by atoms with van der Waals surface area (Å²) in [6.45, 7) is 0.101. The molecular weight excluding hydrogens is 370 g/mol. The van der Waals surface area contributed by atoms with Crippen molar-refractivity contribution >= 4 is 21.6 Å². The van der Waals surface area contributed by atoms with E-state index < -0.39 is 16.1 Å². The van der Waals surface area contributed by atoms with E-state index >= 15 is 0 Å². The summed E-state index contributed by atoms with van der Waals surface area (Å²) < 4.78 is 33.7. The SMILES string of the molecule is O=S(=O)(NCC(Oc1ccccc1)c1ccccc1)c1ccc(Cl)cc1. The smallest absolute Gasteiger partial charge is 0.240 e. The van der Waals surface area contributed by atoms with E-state index in [0.717, 1.165) is 5.56 Å². The topological polar surface area (TPSA) is 55.4 Å². The van der Waals surface area contributed by atoms with Gasteiger partial charge in [0.2, 0.25) is 10.0 Å². The Morgan fingerprint density at radius 2 is 1.42 bits per heavy atom. The maximum atomic E-state index is 12.5. The molecule has 0 aliphatic heterocycles. The Morgan fingerprint density at radius 3 is 2.04 bits per heavy atom. The fourth-order valence-electron chi connectivity index (χ4n) is 2.44. The van der Waals surface area contributed by atoms with Crippen molar-refractivity contribution in [2.45, 2.75) is 11.0 Å². The van der Waals surface area contributed by atoms with Crippen molar-refractivity contribution in [1.29, 1.82) is 0 Å². The first kappa shape index (κ1) is 18.5. The molecule has 0 spiro atoms. The largest absolute Gasteiger partial charge is 0.484 e. The third-order valence-corrected chi connectivity index (χ3v) is 5.47. The summed E-state index contributed by atoms with van der Waals surface area (Å²) in [6.07, 6.45) is -0.458. The van der Waals surface area contributed by atoms with Crippen LogP contribution in [0.15, 0.2) is 89.8 Å². The van der Waals surface area contributed by atoms with Gasteiger partial charge < -0.3 is 4.74 Å². The van der Waals surface area contributed by atoms with Gasteiger partial charge in [-0.3, -0.25) is 0 Å². The number of ether oxygens (including phenoxy) is 1. The Labute approximate surface area is 158 Å². The first-order valence-corrected chi connectivity index (χ1v) is 9.92. The van der Waals surface area contributed by atoms with Crippen molar-refractivity contribution < 1.29 is 13.2 Å². The van der Waals surface area contributed by atoms with Gasteiger partial charge in [0.05, 0.1) is 11.4 Å². The molecule has 0 bridgehead atoms. The summed E-state index contributed by atoms with van der Waals surface area (Å²) in [7, 11) is -3.66. The van der Waals surface area contributed by atoms with Crippen molar-refractivity contribution in [3.63, 3.8) is 0 Å². The maximum Gasteiger partial charge on any atom is 0.240 e. The van der Waals surface area contributed by atoms with Crippen LogP contribution in [0.2, 0.25) is 5.02 Å². The van der Waals surface area contributed by atoms with Crippen LogP contribution in [-0.2, 0) is 10.0 Å². The number of hydrogen-bond donors (Lipinski definition) is 1. The lowest BCUT2D eigenvalue weighted by atomic mass is 10.1. The molecule has 3 rings (SSSR count). The van der Waals surface area contributed by atoms with Crippen LogP contribution in [0, 0.1) is 0 Å². The number of sulfonamides is 1. The molecule has 3 aromatic carbocycles. The molecule has 0 radical (unpaired) electrons. The molecule has 0 saturated heterocycles. The molecule has 0 amide bonds. The first-order chi connectivity index (χ1) is 12.5. The van der Waals surface area contributed by atoms with Crippen molar-refractivity contribution in [3.8, 4) is 5.75 Å². The number of hydrogen-bond acceptors (Lipinski definition) is 3. The Balaban J connectivity index is 1.78. The maximum absolute atomic E-state index is 12.5. The molecule has 26 heavy (non-hydrogen) atoms. The molecule has 3 aromatic rings. The quantitative estimate of drug-likeness (QED) is 0.652. The van der Waals surface area contributed by atoms with Gasteiger partial charge in [-0.1, -0.05) is 60.1 Å². The van der Waals surface area contributed by atoms with Crippen LogP contribution in [0.3, 0.4) is 0 Å². The summed E-state index contributed by atoms with van der Waals surface area (Å²) in [6, 6.07) is 24.9. The van der Waals surface area contributed by atoms with Gasteiger partial charge >= 0.3 is 0 Å². The third-order valence-electron chi connectivity index (χ3n) is 3.78. The van der Waals surface area contributed by atoms with Crippen LogP contribution in [0.4, 0.5) is 0 Å². The number of para-hydroxylation sites is 1. The number of halogens is 1. The lowest BCUT2D eigenvalue weighted by Gasteiger charge is -2.20. The zero-order valence-electron chi connectivity index (χ0n) is 13.9. The van der Waals surface area contributed by atoms with Crippen molar-refractivity contribution in [3.05, 3.63) is 95.5 Å². The predicted molar refractivity (Wildman–Crippen MR) is 103 cm³/mol. The highest BCUT2D eigenvalue weighted by Crippen LogP contribution is 2.22. The first-order valence-electron chi connectivity index (χ1n) is 8.06. The zero-order valence-corrected chi connectivity index (χ0v) is 15.5. The van der Waals surface area contributed by atoms with Crippen LogP contribution in [-0.4, -0.2) is 15.0 Å². The number of rotatable bonds is 7. The van der Waals surface area contributed by atoms with E-state index in [1.54, 1.807) is 12.1 Å². The molecule has 1 atom stereocenters. The average Bonchev–Trinajstić information content (AvgIpc) is 2.67. The van der Waals surface area contributed by atoms with Crippen LogP contribution >= 0.6 is 11.6 Å². The summed E-state index contributed by atoms with van der Waals surface area (Å²) in [5, 5.41) is 0.485. The molecule has 0 heterocycles. The van der Waals surface area contributed by atoms with Crippen molar-refractivity contribution in [2.24, 2.45) is 0 Å². The highest BCUT2D eigenvalue weighted by atomic mass is 35.5. The minimum absolute atomic E-state index is 0.101. The fourth-order valence-corrected chi connectivity index (χ4v) is 3.60. The van der Waals surface area contributed by atoms with E-state index in [4.69, 9.17) is 16.3 Å². The van der Waals surface area contributed by atoms with E-state index in [0.29, 0.717) is 10.8 Å². The highest BCUT2D eigenvalue weighted by Gasteiger charge is 2.19. The zero-order chi connectivity index (χ0) is 18.4. The predicted octanol–water partition coefficient (Wildman–Crippen LogP) is 4.44. The normalized spacial score (nSPS) is 12.5. The summed E-state index contributed by atoms with van der Waals surface area (Å²) in [5.74, 6) is 0.673. The van der Waals surface area contributed by atoms with E-state index in [1.165, 1.54) is 12.1 Å². The Morgan fingerprint density at radius 1 is 0.846 bits per heavy atom. The summed E-state index contributed by atoms with van der Waals surface area (Å²) in [5.41, 5.74) is 0.884. The minimum atomic E-state index is -3.66. The van der Waals surface area contributed by atoms with Gasteiger partial charge in [0, 0.05) is 5.02 Å². The minimum Gasteiger partial charge on any atom is -0.484 e. The fraction of sp³-hybridized carbons (Fsp3) is 0.100. The van der Waals surface area contributed by atoms with Gasteiger partial charge in [-0.25, -0.2) is 13.1 Å². The lowest BCUT2D eigenvalue weighted by molar-refractivity contribution is 0.209. The number of benzene rings is 3. The van der Waals surface area contributed by atoms with E-state index in [1.807, 2.05) is 60.7 Å². The third kappa shape index (κ3) is 4.85. The Hall–Kier alpha value is -2.34. The summed E-state index contributed by atoms with van der Waals surface area (Å²) >= 11 is 5.82. The van der Waals surface area contributed by atoms with E-state index in [2.05, 4.69) is 4.72 Å². The highest BCUT2D eigenvalue weighted by molar-refractivity contribution is 7.89. The Bertz CT molecular complexity index is 930. The van der Waals surface area contributed by atoms with Crippen LogP contribution in [0.25, 0.3) is 0 Å². The lowest BCUT2D eigenvalue weighted by Crippen LogP contribution is -2.30. The molecule has 6 heteroatoms. The van der Waals surface area contributed by atoms with E-state index in [9.17, 15) is 8.42 Å². The van der Waals surface area contributed by atoms with Gasteiger partial charge in [0.1, 0.15) is 11.9 Å². The van der Waals surface area contributed by atoms with Crippen molar-refractivity contribution in [2.75, 3.05) is 6.54 Å². The molecule has 1 N–H and O–H groups in total. The summed E-state index contributed by atoms with van der Waals surface area (Å²) in [4.78, 5) is 0.161. The average molecular weight is 388 g/mol. The molecule has 0 aromatic heterocycles. The molecule has 0 saturated carbocycles. The number of nitrogens with one attached hydrogen (secondary N) is 1. The molecule has 134 valence electrons. The standard InChI is InChI=1S/C20H18ClNO3S/c21-17-11-13-19(14-12-17)26(23,24)22-15-20(16-7-3-1-4-8-16)25-18-9-5-2-6-10-18/h1-14,20,22H,15H2. The monoisotopic (exact) mass is 387 g/mol. The van der Waals surface area contributed by atoms with Crippen LogP contribution in [0.5, 0.6) is 5.75 Å². The second kappa shape index (κ2) is 8.36. The van der Waals surface area contributed by atoms with Gasteiger partial charge in [-0.05, 0) is 42.0 Å². The van der Waals surface area contributed by atoms with Crippen LogP contribution in [0.1, 0.15) is 11.7 Å². The molecule has 0 aliphatic rings. The molecular formula is C20H18ClNO3S. The van der Waals surface area contributed by atoms with Crippen LogP contribution < -0.4 is 9.46 Å². The second-order valence-electron chi connectivity index (χ2n) is 5.64. The molecule has 0 aliphatic carbocycles. The second-order valence-corrected chi connectivity index (χ2v) is 7.84. The molecule has 0 fully saturated rings. The van der Waals surface area contributed by atoms with Gasteiger partial charge in [-0.2, -0.15) is 0 Å². The van der Waals surface area contributed by atoms with E-state index in [-0.39, 0.29) is 11.4 Å². The molecule has 4 nitrogen and oxygen atoms in total. The van der Waals surface area contributed by atoms with Gasteiger partial charge in [-0.15, -0.1) is 0 Å². The van der Waals surface area contributed by atoms with Gasteiger partial charge in [0.25, 0.3) is 0 Å². The molecule has 1 unspecified atom stereocenters. The Kier molecular flexibility index (Phi) is 5.93. The van der Waals surface area contributed by atoms with Crippen molar-refractivity contribution in [1.82, 2.24) is 4.72 Å². The van der Waals surface area contributed by atoms with Gasteiger partial charge in [0.15, 0.2) is 0 Å².